The first-order chi connectivity index (χ1) is 7.25. The maximum atomic E-state index is 5.75. The molecule has 0 aliphatic heterocycles. The van der Waals surface area contributed by atoms with Crippen molar-refractivity contribution in [2.24, 2.45) is 0 Å². The highest BCUT2D eigenvalue weighted by atomic mass is 32.1. The summed E-state index contributed by atoms with van der Waals surface area (Å²) in [6.07, 6.45) is 3.59. The van der Waals surface area contributed by atoms with Crippen LogP contribution >= 0.6 is 11.3 Å². The number of aromatic nitrogens is 2. The molecule has 0 aromatic carbocycles. The topological polar surface area (TPSA) is 63.8 Å². The second kappa shape index (κ2) is 4.27. The number of nitrogens with zero attached hydrogens (tertiary/aromatic N) is 2. The largest absolute Gasteiger partial charge is 0.396 e. The highest BCUT2D eigenvalue weighted by molar-refractivity contribution is 7.11. The van der Waals surface area contributed by atoms with E-state index in [-0.39, 0.29) is 0 Å². The Kier molecular flexibility index (Phi) is 2.82. The lowest BCUT2D eigenvalue weighted by molar-refractivity contribution is 1.13. The van der Waals surface area contributed by atoms with Crippen LogP contribution in [0.3, 0.4) is 0 Å². The van der Waals surface area contributed by atoms with Gasteiger partial charge in [-0.2, -0.15) is 0 Å². The average Bonchev–Trinajstić information content (AvgIpc) is 2.63. The van der Waals surface area contributed by atoms with Crippen LogP contribution in [0.15, 0.2) is 24.5 Å². The zero-order chi connectivity index (χ0) is 10.7. The van der Waals surface area contributed by atoms with Crippen molar-refractivity contribution < 1.29 is 0 Å². The van der Waals surface area contributed by atoms with Crippen LogP contribution in [0.5, 0.6) is 0 Å². The molecule has 0 aliphatic carbocycles. The number of rotatable bonds is 3. The molecule has 3 N–H and O–H groups in total. The molecule has 2 aromatic rings. The van der Waals surface area contributed by atoms with E-state index in [4.69, 9.17) is 5.73 Å². The summed E-state index contributed by atoms with van der Waals surface area (Å²) in [5.41, 5.74) is 6.42. The van der Waals surface area contributed by atoms with E-state index in [0.717, 1.165) is 10.8 Å². The van der Waals surface area contributed by atoms with Gasteiger partial charge in [-0.15, -0.1) is 11.3 Å². The van der Waals surface area contributed by atoms with Crippen molar-refractivity contribution >= 4 is 22.8 Å². The minimum Gasteiger partial charge on any atom is -0.396 e. The van der Waals surface area contributed by atoms with E-state index < -0.39 is 0 Å². The second-order valence-corrected chi connectivity index (χ2v) is 4.46. The lowest BCUT2D eigenvalue weighted by Crippen LogP contribution is -2.02. The Labute approximate surface area is 92.2 Å². The van der Waals surface area contributed by atoms with Crippen molar-refractivity contribution in [3.63, 3.8) is 0 Å². The molecule has 0 amide bonds. The zero-order valence-corrected chi connectivity index (χ0v) is 9.21. The summed E-state index contributed by atoms with van der Waals surface area (Å²) in [4.78, 5) is 9.50. The molecular formula is C10H12N4S. The third-order valence-corrected chi connectivity index (χ3v) is 2.85. The number of aryl methyl sites for hydroxylation is 1. The molecular weight excluding hydrogens is 208 g/mol. The Bertz CT molecular complexity index is 452. The summed E-state index contributed by atoms with van der Waals surface area (Å²) in [6.45, 7) is 2.70. The molecule has 2 rings (SSSR count). The summed E-state index contributed by atoms with van der Waals surface area (Å²) >= 11 is 1.67. The van der Waals surface area contributed by atoms with Crippen LogP contribution in [0, 0.1) is 6.92 Å². The van der Waals surface area contributed by atoms with Gasteiger partial charge >= 0.3 is 0 Å². The van der Waals surface area contributed by atoms with Gasteiger partial charge in [0.1, 0.15) is 5.82 Å². The Morgan fingerprint density at radius 1 is 1.47 bits per heavy atom. The van der Waals surface area contributed by atoms with Crippen molar-refractivity contribution in [1.29, 1.82) is 0 Å². The van der Waals surface area contributed by atoms with Gasteiger partial charge in [0.25, 0.3) is 0 Å². The fourth-order valence-electron chi connectivity index (χ4n) is 1.22. The summed E-state index contributed by atoms with van der Waals surface area (Å²) in [7, 11) is 0. The number of nitrogens with two attached hydrogens (primary N) is 1. The minimum atomic E-state index is 0.665. The molecule has 0 unspecified atom stereocenters. The molecule has 0 saturated carbocycles. The molecule has 2 aromatic heterocycles. The van der Waals surface area contributed by atoms with Crippen LogP contribution in [0.4, 0.5) is 11.5 Å². The van der Waals surface area contributed by atoms with Crippen molar-refractivity contribution in [2.75, 3.05) is 11.1 Å². The molecule has 0 saturated heterocycles. The number of anilines is 2. The standard InChI is InChI=1S/C10H12N4S/c1-7-13-5-8(15-7)6-14-10-9(11)3-2-4-12-10/h2-5H,6,11H2,1H3,(H,12,14). The van der Waals surface area contributed by atoms with Crippen LogP contribution < -0.4 is 11.1 Å². The molecule has 2 heterocycles. The van der Waals surface area contributed by atoms with Crippen LogP contribution in [0.25, 0.3) is 0 Å². The predicted molar refractivity (Wildman–Crippen MR) is 62.8 cm³/mol. The number of nitrogen functional groups attached to an aromatic ring is 1. The summed E-state index contributed by atoms with van der Waals surface area (Å²) in [5, 5.41) is 4.25. The zero-order valence-electron chi connectivity index (χ0n) is 8.40. The Balaban J connectivity index is 2.02. The van der Waals surface area contributed by atoms with Gasteiger partial charge in [-0.3, -0.25) is 0 Å². The number of hydrogen-bond donors (Lipinski definition) is 2. The molecule has 15 heavy (non-hydrogen) atoms. The first-order valence-electron chi connectivity index (χ1n) is 4.61. The first kappa shape index (κ1) is 9.92. The summed E-state index contributed by atoms with van der Waals surface area (Å²) < 4.78 is 0. The Morgan fingerprint density at radius 3 is 3.00 bits per heavy atom. The van der Waals surface area contributed by atoms with E-state index in [9.17, 15) is 0 Å². The van der Waals surface area contributed by atoms with E-state index in [0.29, 0.717) is 12.2 Å². The van der Waals surface area contributed by atoms with Crippen LogP contribution in [0.1, 0.15) is 9.88 Å². The predicted octanol–water partition coefficient (Wildman–Crippen LogP) is 2.04. The maximum Gasteiger partial charge on any atom is 0.149 e. The fraction of sp³-hybridized carbons (Fsp3) is 0.200. The molecule has 0 radical (unpaired) electrons. The van der Waals surface area contributed by atoms with Crippen molar-refractivity contribution in [3.8, 4) is 0 Å². The number of pyridine rings is 1. The van der Waals surface area contributed by atoms with Crippen LogP contribution in [-0.2, 0) is 6.54 Å². The smallest absolute Gasteiger partial charge is 0.149 e. The van der Waals surface area contributed by atoms with E-state index >= 15 is 0 Å². The molecule has 0 aliphatic rings. The summed E-state index contributed by atoms with van der Waals surface area (Å²) in [6, 6.07) is 3.64. The molecule has 5 heteroatoms. The van der Waals surface area contributed by atoms with Crippen LogP contribution in [-0.4, -0.2) is 9.97 Å². The van der Waals surface area contributed by atoms with Crippen molar-refractivity contribution in [2.45, 2.75) is 13.5 Å². The molecule has 0 spiro atoms. The third kappa shape index (κ3) is 2.44. The van der Waals surface area contributed by atoms with E-state index in [1.54, 1.807) is 17.5 Å². The SMILES string of the molecule is Cc1ncc(CNc2ncccc2N)s1. The Hall–Kier alpha value is -1.62. The second-order valence-electron chi connectivity index (χ2n) is 3.14. The van der Waals surface area contributed by atoms with Gasteiger partial charge in [-0.1, -0.05) is 0 Å². The van der Waals surface area contributed by atoms with Gasteiger partial charge in [0.2, 0.25) is 0 Å². The van der Waals surface area contributed by atoms with Gasteiger partial charge in [0, 0.05) is 17.3 Å². The van der Waals surface area contributed by atoms with E-state index in [2.05, 4.69) is 15.3 Å². The first-order valence-corrected chi connectivity index (χ1v) is 5.43. The monoisotopic (exact) mass is 220 g/mol. The molecule has 0 atom stereocenters. The molecule has 0 fully saturated rings. The minimum absolute atomic E-state index is 0.665. The number of nitrogens with one attached hydrogen (secondary N) is 1. The van der Waals surface area contributed by atoms with Crippen molar-refractivity contribution in [3.05, 3.63) is 34.4 Å². The number of thiazole rings is 1. The van der Waals surface area contributed by atoms with E-state index in [1.807, 2.05) is 25.3 Å². The summed E-state index contributed by atoms with van der Waals surface area (Å²) in [5.74, 6) is 0.726. The lowest BCUT2D eigenvalue weighted by atomic mass is 10.4. The van der Waals surface area contributed by atoms with Gasteiger partial charge in [0.05, 0.1) is 17.2 Å². The molecule has 0 bridgehead atoms. The van der Waals surface area contributed by atoms with Crippen LogP contribution in [0.2, 0.25) is 0 Å². The highest BCUT2D eigenvalue weighted by Crippen LogP contribution is 2.16. The third-order valence-electron chi connectivity index (χ3n) is 1.94. The van der Waals surface area contributed by atoms with Gasteiger partial charge in [-0.05, 0) is 19.1 Å². The quantitative estimate of drug-likeness (QED) is 0.830. The maximum absolute atomic E-state index is 5.75. The lowest BCUT2D eigenvalue weighted by Gasteiger charge is -2.05. The molecule has 4 nitrogen and oxygen atoms in total. The number of hydrogen-bond acceptors (Lipinski definition) is 5. The highest BCUT2D eigenvalue weighted by Gasteiger charge is 2.01. The van der Waals surface area contributed by atoms with Gasteiger partial charge in [0.15, 0.2) is 0 Å². The average molecular weight is 220 g/mol. The van der Waals surface area contributed by atoms with Gasteiger partial charge < -0.3 is 11.1 Å². The Morgan fingerprint density at radius 2 is 2.33 bits per heavy atom. The normalized spacial score (nSPS) is 10.2. The fourth-order valence-corrected chi connectivity index (χ4v) is 1.96. The van der Waals surface area contributed by atoms with E-state index in [1.165, 1.54) is 4.88 Å². The molecule has 78 valence electrons. The van der Waals surface area contributed by atoms with Crippen molar-refractivity contribution in [1.82, 2.24) is 9.97 Å². The van der Waals surface area contributed by atoms with Gasteiger partial charge in [-0.25, -0.2) is 9.97 Å².